The number of benzene rings is 1. The van der Waals surface area contributed by atoms with Crippen LogP contribution in [-0.4, -0.2) is 37.0 Å². The van der Waals surface area contributed by atoms with Crippen LogP contribution in [0.2, 0.25) is 0 Å². The molecule has 1 aromatic carbocycles. The molecule has 0 heterocycles. The zero-order valence-corrected chi connectivity index (χ0v) is 13.5. The Morgan fingerprint density at radius 3 is 2.19 bits per heavy atom. The van der Waals surface area contributed by atoms with Gasteiger partial charge in [0.05, 0.1) is 12.8 Å². The molecule has 0 aliphatic carbocycles. The summed E-state index contributed by atoms with van der Waals surface area (Å²) in [5, 5.41) is 2.63. The summed E-state index contributed by atoms with van der Waals surface area (Å²) >= 11 is 0. The van der Waals surface area contributed by atoms with E-state index in [9.17, 15) is 17.6 Å². The van der Waals surface area contributed by atoms with Gasteiger partial charge in [-0.25, -0.2) is 12.8 Å². The average molecular weight is 316 g/mol. The number of rotatable bonds is 5. The molecule has 0 aliphatic heterocycles. The summed E-state index contributed by atoms with van der Waals surface area (Å²) in [6, 6.07) is 5.74. The summed E-state index contributed by atoms with van der Waals surface area (Å²) in [4.78, 5) is 11.9. The Morgan fingerprint density at radius 2 is 1.76 bits per heavy atom. The van der Waals surface area contributed by atoms with E-state index in [0.29, 0.717) is 0 Å². The molecule has 5 nitrogen and oxygen atoms in total. The Labute approximate surface area is 125 Å². The molecule has 0 saturated heterocycles. The zero-order chi connectivity index (χ0) is 16.3. The smallest absolute Gasteiger partial charge is 0.235 e. The molecule has 0 fully saturated rings. The first kappa shape index (κ1) is 17.6. The molecule has 0 atom stereocenters. The highest BCUT2D eigenvalue weighted by molar-refractivity contribution is 7.88. The summed E-state index contributed by atoms with van der Waals surface area (Å²) in [7, 11) is -3.48. The minimum absolute atomic E-state index is 0.223. The second-order valence-electron chi connectivity index (χ2n) is 5.84. The van der Waals surface area contributed by atoms with E-state index in [0.717, 1.165) is 16.1 Å². The van der Waals surface area contributed by atoms with Crippen molar-refractivity contribution in [3.8, 4) is 0 Å². The maximum atomic E-state index is 12.8. The van der Waals surface area contributed by atoms with E-state index in [1.54, 1.807) is 32.9 Å². The average Bonchev–Trinajstić information content (AvgIpc) is 2.32. The highest BCUT2D eigenvalue weighted by Gasteiger charge is 2.31. The topological polar surface area (TPSA) is 66.5 Å². The van der Waals surface area contributed by atoms with Crippen molar-refractivity contribution in [2.24, 2.45) is 0 Å². The van der Waals surface area contributed by atoms with Gasteiger partial charge >= 0.3 is 0 Å². The molecule has 7 heteroatoms. The number of amides is 1. The molecule has 1 aromatic rings. The number of carbonyl (C=O) groups excluding carboxylic acids is 1. The summed E-state index contributed by atoms with van der Waals surface area (Å²) in [5.74, 6) is -0.749. The van der Waals surface area contributed by atoms with Gasteiger partial charge in [0, 0.05) is 12.1 Å². The second-order valence-corrected chi connectivity index (χ2v) is 7.75. The van der Waals surface area contributed by atoms with Crippen LogP contribution in [0.15, 0.2) is 24.3 Å². The predicted molar refractivity (Wildman–Crippen MR) is 79.5 cm³/mol. The van der Waals surface area contributed by atoms with Gasteiger partial charge in [-0.3, -0.25) is 4.79 Å². The molecule has 0 aliphatic rings. The lowest BCUT2D eigenvalue weighted by molar-refractivity contribution is -0.122. The van der Waals surface area contributed by atoms with Crippen LogP contribution in [-0.2, 0) is 21.4 Å². The fourth-order valence-electron chi connectivity index (χ4n) is 1.84. The number of nitrogens with one attached hydrogen (secondary N) is 1. The molecule has 0 bridgehead atoms. The molecular formula is C14H21FN2O3S. The van der Waals surface area contributed by atoms with E-state index < -0.39 is 21.5 Å². The number of nitrogens with zero attached hydrogens (tertiary/aromatic N) is 1. The summed E-state index contributed by atoms with van der Waals surface area (Å²) < 4.78 is 37.4. The van der Waals surface area contributed by atoms with Crippen LogP contribution in [0.25, 0.3) is 0 Å². The van der Waals surface area contributed by atoms with E-state index in [1.165, 1.54) is 12.1 Å². The van der Waals surface area contributed by atoms with Gasteiger partial charge in [0.1, 0.15) is 5.82 Å². The predicted octanol–water partition coefficient (Wildman–Crippen LogP) is 1.50. The molecular weight excluding hydrogens is 295 g/mol. The minimum Gasteiger partial charge on any atom is -0.351 e. The van der Waals surface area contributed by atoms with E-state index in [2.05, 4.69) is 5.32 Å². The molecule has 0 aromatic heterocycles. The van der Waals surface area contributed by atoms with Crippen LogP contribution in [0.1, 0.15) is 26.3 Å². The third-order valence-electron chi connectivity index (χ3n) is 2.84. The Hall–Kier alpha value is -1.47. The largest absolute Gasteiger partial charge is 0.351 e. The fourth-order valence-corrected chi connectivity index (χ4v) is 3.19. The van der Waals surface area contributed by atoms with Gasteiger partial charge in [0.25, 0.3) is 0 Å². The first-order valence-corrected chi connectivity index (χ1v) is 8.34. The normalized spacial score (nSPS) is 12.5. The van der Waals surface area contributed by atoms with Gasteiger partial charge in [-0.15, -0.1) is 0 Å². The Kier molecular flexibility index (Phi) is 5.47. The first-order valence-electron chi connectivity index (χ1n) is 6.49. The number of sulfonamides is 1. The standard InChI is InChI=1S/C14H21FN2O3S/c1-14(2,3)17(21(4,19)20)10-13(18)16-9-11-5-7-12(15)8-6-11/h5-8H,9-10H2,1-4H3,(H,16,18). The summed E-state index contributed by atoms with van der Waals surface area (Å²) in [6.45, 7) is 5.15. The monoisotopic (exact) mass is 316 g/mol. The first-order chi connectivity index (χ1) is 9.50. The highest BCUT2D eigenvalue weighted by atomic mass is 32.2. The van der Waals surface area contributed by atoms with Crippen molar-refractivity contribution in [1.29, 1.82) is 0 Å². The van der Waals surface area contributed by atoms with E-state index in [-0.39, 0.29) is 18.9 Å². The third kappa shape index (κ3) is 5.81. The van der Waals surface area contributed by atoms with Crippen molar-refractivity contribution in [3.63, 3.8) is 0 Å². The minimum atomic E-state index is -3.48. The van der Waals surface area contributed by atoms with Crippen molar-refractivity contribution in [2.45, 2.75) is 32.9 Å². The van der Waals surface area contributed by atoms with Gasteiger partial charge in [0.15, 0.2) is 0 Å². The highest BCUT2D eigenvalue weighted by Crippen LogP contribution is 2.16. The van der Waals surface area contributed by atoms with Crippen molar-refractivity contribution in [3.05, 3.63) is 35.6 Å². The third-order valence-corrected chi connectivity index (χ3v) is 4.32. The van der Waals surface area contributed by atoms with Gasteiger partial charge in [-0.2, -0.15) is 4.31 Å². The number of hydrogen-bond acceptors (Lipinski definition) is 3. The maximum Gasteiger partial charge on any atom is 0.235 e. The fraction of sp³-hybridized carbons (Fsp3) is 0.500. The quantitative estimate of drug-likeness (QED) is 0.895. The molecule has 118 valence electrons. The van der Waals surface area contributed by atoms with Crippen LogP contribution in [0.5, 0.6) is 0 Å². The number of halogens is 1. The number of hydrogen-bond donors (Lipinski definition) is 1. The van der Waals surface area contributed by atoms with E-state index >= 15 is 0 Å². The molecule has 0 spiro atoms. The van der Waals surface area contributed by atoms with Crippen LogP contribution in [0.4, 0.5) is 4.39 Å². The Bertz CT molecular complexity index is 592. The SMILES string of the molecule is CC(C)(C)N(CC(=O)NCc1ccc(F)cc1)S(C)(=O)=O. The van der Waals surface area contributed by atoms with Crippen LogP contribution in [0, 0.1) is 5.82 Å². The van der Waals surface area contributed by atoms with Crippen LogP contribution < -0.4 is 5.32 Å². The lowest BCUT2D eigenvalue weighted by Gasteiger charge is -2.32. The summed E-state index contributed by atoms with van der Waals surface area (Å²) in [6.07, 6.45) is 1.07. The lowest BCUT2D eigenvalue weighted by Crippen LogP contribution is -2.49. The molecule has 0 unspecified atom stereocenters. The Morgan fingerprint density at radius 1 is 1.24 bits per heavy atom. The van der Waals surface area contributed by atoms with E-state index in [4.69, 9.17) is 0 Å². The van der Waals surface area contributed by atoms with Gasteiger partial charge in [-0.05, 0) is 38.5 Å². The van der Waals surface area contributed by atoms with Gasteiger partial charge in [0.2, 0.25) is 15.9 Å². The molecule has 0 saturated carbocycles. The van der Waals surface area contributed by atoms with Crippen LogP contribution in [0.3, 0.4) is 0 Å². The maximum absolute atomic E-state index is 12.8. The van der Waals surface area contributed by atoms with Gasteiger partial charge < -0.3 is 5.32 Å². The molecule has 1 N–H and O–H groups in total. The zero-order valence-electron chi connectivity index (χ0n) is 12.7. The second kappa shape index (κ2) is 6.53. The molecule has 1 amide bonds. The molecule has 0 radical (unpaired) electrons. The van der Waals surface area contributed by atoms with Crippen molar-refractivity contribution in [2.75, 3.05) is 12.8 Å². The lowest BCUT2D eigenvalue weighted by atomic mass is 10.1. The van der Waals surface area contributed by atoms with Crippen molar-refractivity contribution < 1.29 is 17.6 Å². The van der Waals surface area contributed by atoms with Gasteiger partial charge in [-0.1, -0.05) is 12.1 Å². The van der Waals surface area contributed by atoms with Crippen molar-refractivity contribution in [1.82, 2.24) is 9.62 Å². The summed E-state index contributed by atoms with van der Waals surface area (Å²) in [5.41, 5.74) is 0.0623. The number of carbonyl (C=O) groups is 1. The molecule has 1 rings (SSSR count). The van der Waals surface area contributed by atoms with Crippen molar-refractivity contribution >= 4 is 15.9 Å². The van der Waals surface area contributed by atoms with E-state index in [1.807, 2.05) is 0 Å². The molecule has 21 heavy (non-hydrogen) atoms. The Balaban J connectivity index is 2.65. The van der Waals surface area contributed by atoms with Crippen LogP contribution >= 0.6 is 0 Å².